The van der Waals surface area contributed by atoms with Crippen molar-refractivity contribution in [2.75, 3.05) is 11.5 Å². The Balaban J connectivity index is 0.00000451. The van der Waals surface area contributed by atoms with Crippen LogP contribution in [0, 0.1) is 30.6 Å². The number of esters is 1. The first-order valence-electron chi connectivity index (χ1n) is 15.5. The predicted octanol–water partition coefficient (Wildman–Crippen LogP) is 6.62. The molecule has 1 saturated heterocycles. The molecule has 0 radical (unpaired) electrons. The van der Waals surface area contributed by atoms with Crippen molar-refractivity contribution in [2.24, 2.45) is 15.4 Å². The number of hydrogen-bond donors (Lipinski definition) is 0. The quantitative estimate of drug-likeness (QED) is 0.244. The largest absolute Gasteiger partial charge is 2.00 e. The Hall–Kier alpha value is -4.13. The number of carbonyl (C=O) groups excluding carboxylic acids is 1. The molecule has 4 aliphatic rings. The Morgan fingerprint density at radius 3 is 2.19 bits per heavy atom. The zero-order valence-corrected chi connectivity index (χ0v) is 32.2. The van der Waals surface area contributed by atoms with E-state index in [9.17, 15) is 18.5 Å². The van der Waals surface area contributed by atoms with Crippen molar-refractivity contribution in [3.05, 3.63) is 109 Å². The monoisotopic (exact) mass is 711 g/mol. The SMILES string of the molecule is CC1=C(C)/C(=C/c2[n-]c(/C=C3\N=C(C(=O)OCc4ccccc4)C4=C3CS(=O)(=O)C4)c(C)c2C)N=C1/C=C1/CC(C)(C)C(C)(C#N)[N-]1.[Zn+2]. The maximum Gasteiger partial charge on any atom is 2.00 e. The van der Waals surface area contributed by atoms with Crippen LogP contribution >= 0.6 is 0 Å². The maximum absolute atomic E-state index is 13.1. The molecule has 1 atom stereocenters. The zero-order valence-electron chi connectivity index (χ0n) is 28.4. The fourth-order valence-electron chi connectivity index (χ4n) is 6.14. The number of allylic oxidation sites excluding steroid dienone is 5. The Morgan fingerprint density at radius 2 is 1.56 bits per heavy atom. The Labute approximate surface area is 295 Å². The van der Waals surface area contributed by atoms with Crippen LogP contribution in [0.3, 0.4) is 0 Å². The number of aromatic nitrogens is 1. The first kappa shape index (κ1) is 35.2. The third kappa shape index (κ3) is 6.36. The van der Waals surface area contributed by atoms with Gasteiger partial charge in [0, 0.05) is 11.6 Å². The van der Waals surface area contributed by atoms with Gasteiger partial charge in [0.25, 0.3) is 0 Å². The number of hydrogen-bond acceptors (Lipinski definition) is 7. The van der Waals surface area contributed by atoms with Crippen molar-refractivity contribution < 1.29 is 37.4 Å². The number of carbonyl (C=O) groups is 1. The summed E-state index contributed by atoms with van der Waals surface area (Å²) in [6.07, 6.45) is 6.39. The molecule has 6 rings (SSSR count). The molecule has 1 fully saturated rings. The third-order valence-corrected chi connectivity index (χ3v) is 11.3. The van der Waals surface area contributed by atoms with Gasteiger partial charge in [-0.15, -0.1) is 11.4 Å². The number of nitrogens with zero attached hydrogens (tertiary/aromatic N) is 5. The summed E-state index contributed by atoms with van der Waals surface area (Å²) in [5.74, 6) is -1.08. The van der Waals surface area contributed by atoms with Crippen LogP contribution in [0.1, 0.15) is 69.1 Å². The van der Waals surface area contributed by atoms with Crippen molar-refractivity contribution in [1.82, 2.24) is 4.98 Å². The van der Waals surface area contributed by atoms with Gasteiger partial charge in [-0.2, -0.15) is 11.0 Å². The number of ether oxygens (including phenoxy) is 1. The number of rotatable bonds is 6. The first-order chi connectivity index (χ1) is 22.1. The van der Waals surface area contributed by atoms with Crippen LogP contribution in [0.2, 0.25) is 0 Å². The predicted molar refractivity (Wildman–Crippen MR) is 184 cm³/mol. The van der Waals surface area contributed by atoms with Gasteiger partial charge in [0.1, 0.15) is 6.61 Å². The Bertz CT molecular complexity index is 2100. The van der Waals surface area contributed by atoms with Gasteiger partial charge >= 0.3 is 25.4 Å². The van der Waals surface area contributed by atoms with Crippen LogP contribution < -0.4 is 4.98 Å². The Kier molecular flexibility index (Phi) is 9.33. The number of nitriles is 1. The molecule has 2 aromatic rings. The minimum absolute atomic E-state index is 0. The average Bonchev–Trinajstić information content (AvgIpc) is 3.74. The molecule has 1 aromatic heterocycles. The summed E-state index contributed by atoms with van der Waals surface area (Å²) in [5.41, 5.74) is 8.99. The number of aliphatic imine (C=N–C) groups is 2. The molecule has 0 N–H and O–H groups in total. The number of benzene rings is 1. The fourth-order valence-corrected chi connectivity index (χ4v) is 7.76. The van der Waals surface area contributed by atoms with Crippen molar-refractivity contribution in [3.63, 3.8) is 0 Å². The smallest absolute Gasteiger partial charge is 0.670 e. The van der Waals surface area contributed by atoms with Gasteiger partial charge in [-0.25, -0.2) is 23.2 Å². The summed E-state index contributed by atoms with van der Waals surface area (Å²) in [6, 6.07) is 11.7. The molecule has 0 saturated carbocycles. The van der Waals surface area contributed by atoms with E-state index < -0.39 is 21.3 Å². The first-order valence-corrected chi connectivity index (χ1v) is 17.4. The number of sulfone groups is 1. The summed E-state index contributed by atoms with van der Waals surface area (Å²) >= 11 is 0. The summed E-state index contributed by atoms with van der Waals surface area (Å²) in [6.45, 7) is 14.1. The molecule has 48 heavy (non-hydrogen) atoms. The molecule has 242 valence electrons. The van der Waals surface area contributed by atoms with E-state index in [0.29, 0.717) is 29.0 Å². The van der Waals surface area contributed by atoms with Crippen LogP contribution in [-0.4, -0.2) is 42.9 Å². The molecule has 0 bridgehead atoms. The van der Waals surface area contributed by atoms with E-state index in [1.165, 1.54) is 0 Å². The van der Waals surface area contributed by atoms with E-state index >= 15 is 0 Å². The minimum Gasteiger partial charge on any atom is -0.670 e. The molecule has 0 amide bonds. The minimum atomic E-state index is -3.41. The average molecular weight is 713 g/mol. The molecule has 4 aliphatic heterocycles. The van der Waals surface area contributed by atoms with Crippen LogP contribution in [0.25, 0.3) is 17.5 Å². The van der Waals surface area contributed by atoms with Crippen LogP contribution in [0.15, 0.2) is 85.8 Å². The van der Waals surface area contributed by atoms with Crippen LogP contribution in [-0.2, 0) is 45.5 Å². The van der Waals surface area contributed by atoms with Gasteiger partial charge in [0.15, 0.2) is 15.5 Å². The molecule has 11 heteroatoms. The second-order valence-corrected chi connectivity index (χ2v) is 15.5. The van der Waals surface area contributed by atoms with Gasteiger partial charge in [-0.3, -0.25) is 0 Å². The van der Waals surface area contributed by atoms with E-state index in [1.807, 2.05) is 77.1 Å². The third-order valence-electron chi connectivity index (χ3n) is 9.85. The molecule has 9 nitrogen and oxygen atoms in total. The van der Waals surface area contributed by atoms with E-state index in [1.54, 1.807) is 6.08 Å². The zero-order chi connectivity index (χ0) is 33.9. The van der Waals surface area contributed by atoms with Crippen molar-refractivity contribution in [1.29, 1.82) is 5.26 Å². The van der Waals surface area contributed by atoms with E-state index in [4.69, 9.17) is 20.0 Å². The van der Waals surface area contributed by atoms with Crippen molar-refractivity contribution >= 4 is 39.4 Å². The molecule has 1 aromatic carbocycles. The van der Waals surface area contributed by atoms with Crippen LogP contribution in [0.5, 0.6) is 0 Å². The van der Waals surface area contributed by atoms with E-state index in [0.717, 1.165) is 50.6 Å². The van der Waals surface area contributed by atoms with Gasteiger partial charge in [-0.1, -0.05) is 80.5 Å². The molecule has 5 heterocycles. The van der Waals surface area contributed by atoms with Crippen molar-refractivity contribution in [2.45, 2.75) is 67.0 Å². The van der Waals surface area contributed by atoms with Crippen LogP contribution in [0.4, 0.5) is 0 Å². The van der Waals surface area contributed by atoms with Gasteiger partial charge < -0.3 is 15.0 Å². The summed E-state index contributed by atoms with van der Waals surface area (Å²) in [7, 11) is -3.41. The fraction of sp³-hybridized carbons (Fsp3) is 0.351. The topological polar surface area (TPSA) is 137 Å². The second-order valence-electron chi connectivity index (χ2n) is 13.4. The molecular formula is C37H37N5O4SZn. The van der Waals surface area contributed by atoms with E-state index in [2.05, 4.69) is 24.9 Å². The maximum atomic E-state index is 13.1. The molecular weight excluding hydrogens is 676 g/mol. The summed E-state index contributed by atoms with van der Waals surface area (Å²) in [4.78, 5) is 27.5. The molecule has 1 unspecified atom stereocenters. The van der Waals surface area contributed by atoms with Crippen molar-refractivity contribution in [3.8, 4) is 6.07 Å². The molecule has 0 spiro atoms. The van der Waals surface area contributed by atoms with Gasteiger partial charge in [-0.05, 0) is 67.4 Å². The van der Waals surface area contributed by atoms with Gasteiger partial charge in [0.05, 0.1) is 28.6 Å². The second kappa shape index (κ2) is 12.7. The van der Waals surface area contributed by atoms with Gasteiger partial charge in [0.2, 0.25) is 0 Å². The molecule has 0 aliphatic carbocycles. The summed E-state index contributed by atoms with van der Waals surface area (Å²) < 4.78 is 30.8. The standard InChI is InChI=1S/C37H38N5O4S.Zn/c1-21-22(2)30(39-29(21)13-26-16-36(5,6)37(7,20-38)42-26)14-31-23(3)24(4)32(40-31)15-33-27-18-47(44,45)19-28(27)34(41-33)35(43)46-17-25-11-9-8-10-12-25;/h8-15H,16-19H2,1-7H3,(H-,39,40,41,42,43);/q-1;+2/p-1. The Morgan fingerprint density at radius 1 is 0.938 bits per heavy atom. The summed E-state index contributed by atoms with van der Waals surface area (Å²) in [5, 5.41) is 14.5. The van der Waals surface area contributed by atoms with E-state index in [-0.39, 0.29) is 48.7 Å². The normalized spacial score (nSPS) is 24.8.